The fourth-order valence-corrected chi connectivity index (χ4v) is 3.46. The van der Waals surface area contributed by atoms with Crippen LogP contribution in [-0.4, -0.2) is 18.9 Å². The largest absolute Gasteiger partial charge is 0.447 e. The van der Waals surface area contributed by atoms with Gasteiger partial charge in [0.1, 0.15) is 24.5 Å². The second-order valence-electron chi connectivity index (χ2n) is 5.93. The van der Waals surface area contributed by atoms with Gasteiger partial charge in [0.25, 0.3) is 0 Å². The lowest BCUT2D eigenvalue weighted by Crippen LogP contribution is -2.38. The van der Waals surface area contributed by atoms with Crippen molar-refractivity contribution in [1.82, 2.24) is 16.1 Å². The second-order valence-corrected chi connectivity index (χ2v) is 5.93. The molecule has 1 aromatic carbocycles. The van der Waals surface area contributed by atoms with E-state index < -0.39 is 0 Å². The number of alkyl carbamates (subject to hydrolysis) is 1. The van der Waals surface area contributed by atoms with Crippen LogP contribution in [0.3, 0.4) is 0 Å². The molecule has 0 aromatic heterocycles. The molecule has 6 heteroatoms. The highest BCUT2D eigenvalue weighted by atomic mass is 16.7. The van der Waals surface area contributed by atoms with Crippen LogP contribution in [0.1, 0.15) is 42.6 Å². The van der Waals surface area contributed by atoms with Crippen LogP contribution in [0.5, 0.6) is 0 Å². The lowest BCUT2D eigenvalue weighted by Gasteiger charge is -2.22. The number of fused-ring (bicyclic) bond motifs is 2. The van der Waals surface area contributed by atoms with Crippen LogP contribution in [0.4, 0.5) is 4.79 Å². The maximum Gasteiger partial charge on any atom is 0.408 e. The highest BCUT2D eigenvalue weighted by Crippen LogP contribution is 2.40. The van der Waals surface area contributed by atoms with E-state index in [1.807, 2.05) is 0 Å². The number of nitrogens with one attached hydrogen (secondary N) is 3. The molecule has 2 saturated heterocycles. The summed E-state index contributed by atoms with van der Waals surface area (Å²) in [5, 5.41) is 6.36. The average Bonchev–Trinajstić information content (AvgIpc) is 3.19. The van der Waals surface area contributed by atoms with Gasteiger partial charge < -0.3 is 10.1 Å². The third-order valence-corrected chi connectivity index (χ3v) is 4.64. The second kappa shape index (κ2) is 4.69. The Hall–Kier alpha value is -1.63. The Kier molecular flexibility index (Phi) is 2.92. The summed E-state index contributed by atoms with van der Waals surface area (Å²) in [6, 6.07) is 6.39. The van der Waals surface area contributed by atoms with Gasteiger partial charge in [-0.05, 0) is 36.0 Å². The molecule has 3 unspecified atom stereocenters. The van der Waals surface area contributed by atoms with Crippen LogP contribution < -0.4 is 16.1 Å². The van der Waals surface area contributed by atoms with Crippen LogP contribution in [-0.2, 0) is 21.5 Å². The van der Waals surface area contributed by atoms with Gasteiger partial charge in [-0.3, -0.25) is 10.2 Å². The Labute approximate surface area is 123 Å². The molecule has 21 heavy (non-hydrogen) atoms. The first-order valence-electron chi connectivity index (χ1n) is 7.46. The zero-order chi connectivity index (χ0) is 14.4. The number of hydrogen-bond acceptors (Lipinski definition) is 5. The molecule has 2 fully saturated rings. The molecule has 1 amide bonds. The summed E-state index contributed by atoms with van der Waals surface area (Å²) in [5.41, 5.74) is 6.33. The first-order chi connectivity index (χ1) is 10.2. The number of hydrogen-bond donors (Lipinski definition) is 3. The Morgan fingerprint density at radius 2 is 2.33 bits per heavy atom. The molecule has 1 aliphatic carbocycles. The van der Waals surface area contributed by atoms with Crippen LogP contribution in [0.15, 0.2) is 18.2 Å². The number of rotatable bonds is 2. The minimum atomic E-state index is -0.316. The van der Waals surface area contributed by atoms with E-state index >= 15 is 0 Å². The number of ether oxygens (including phenoxy) is 1. The van der Waals surface area contributed by atoms with Crippen molar-refractivity contribution in [2.75, 3.05) is 6.61 Å². The Morgan fingerprint density at radius 3 is 3.05 bits per heavy atom. The van der Waals surface area contributed by atoms with Gasteiger partial charge >= 0.3 is 6.09 Å². The van der Waals surface area contributed by atoms with Crippen molar-refractivity contribution in [2.24, 2.45) is 0 Å². The molecule has 0 radical (unpaired) electrons. The van der Waals surface area contributed by atoms with E-state index in [2.05, 4.69) is 41.2 Å². The number of carbonyl (C=O) groups excluding carboxylic acids is 1. The van der Waals surface area contributed by atoms with Crippen molar-refractivity contribution >= 4 is 6.09 Å². The standard InChI is InChI=1S/C15H19N3O3/c1-2-12-16-13(18-21-12)10-3-4-11-9(7-10)5-6-15(11)8-20-14(19)17-15/h3-4,7,12-13,16,18H,2,5-6,8H2,1H3,(H,17,19). The SMILES string of the molecule is CCC1NC(c2ccc3c(c2)CCC32COC(=O)N2)NO1. The van der Waals surface area contributed by atoms with E-state index in [1.54, 1.807) is 0 Å². The molecule has 3 atom stereocenters. The van der Waals surface area contributed by atoms with E-state index in [0.717, 1.165) is 24.8 Å². The van der Waals surface area contributed by atoms with Crippen LogP contribution in [0, 0.1) is 0 Å². The van der Waals surface area contributed by atoms with Gasteiger partial charge in [-0.2, -0.15) is 5.48 Å². The van der Waals surface area contributed by atoms with Crippen LogP contribution >= 0.6 is 0 Å². The Balaban J connectivity index is 1.60. The third kappa shape index (κ3) is 2.02. The number of carbonyl (C=O) groups is 1. The lowest BCUT2D eigenvalue weighted by molar-refractivity contribution is 0.0207. The van der Waals surface area contributed by atoms with Crippen LogP contribution in [0.25, 0.3) is 0 Å². The first-order valence-corrected chi connectivity index (χ1v) is 7.46. The smallest absolute Gasteiger partial charge is 0.408 e. The van der Waals surface area contributed by atoms with Crippen LogP contribution in [0.2, 0.25) is 0 Å². The molecular formula is C15H19N3O3. The molecule has 0 bridgehead atoms. The molecular weight excluding hydrogens is 270 g/mol. The van der Waals surface area contributed by atoms with Crippen molar-refractivity contribution < 1.29 is 14.4 Å². The van der Waals surface area contributed by atoms with E-state index in [1.165, 1.54) is 11.1 Å². The maximum atomic E-state index is 11.4. The molecule has 2 aliphatic heterocycles. The predicted molar refractivity (Wildman–Crippen MR) is 75.1 cm³/mol. The van der Waals surface area contributed by atoms with Gasteiger partial charge in [0.2, 0.25) is 0 Å². The Bertz CT molecular complexity index is 592. The fourth-order valence-electron chi connectivity index (χ4n) is 3.46. The third-order valence-electron chi connectivity index (χ3n) is 4.64. The number of aryl methyl sites for hydroxylation is 1. The number of amides is 1. The van der Waals surface area contributed by atoms with Gasteiger partial charge in [-0.1, -0.05) is 25.1 Å². The molecule has 1 spiro atoms. The molecule has 3 N–H and O–H groups in total. The predicted octanol–water partition coefficient (Wildman–Crippen LogP) is 1.43. The van der Waals surface area contributed by atoms with Crippen molar-refractivity contribution in [3.63, 3.8) is 0 Å². The van der Waals surface area contributed by atoms with E-state index in [9.17, 15) is 4.79 Å². The molecule has 2 heterocycles. The normalized spacial score (nSPS) is 34.0. The van der Waals surface area contributed by atoms with Gasteiger partial charge in [0, 0.05) is 0 Å². The quantitative estimate of drug-likeness (QED) is 0.768. The number of benzene rings is 1. The van der Waals surface area contributed by atoms with E-state index in [4.69, 9.17) is 9.57 Å². The Morgan fingerprint density at radius 1 is 1.43 bits per heavy atom. The highest BCUT2D eigenvalue weighted by Gasteiger charge is 2.45. The molecule has 112 valence electrons. The zero-order valence-electron chi connectivity index (χ0n) is 11.9. The maximum absolute atomic E-state index is 11.4. The van der Waals surface area contributed by atoms with E-state index in [-0.39, 0.29) is 24.0 Å². The van der Waals surface area contributed by atoms with Crippen molar-refractivity contribution in [3.8, 4) is 0 Å². The molecule has 3 aliphatic rings. The fraction of sp³-hybridized carbons (Fsp3) is 0.533. The molecule has 6 nitrogen and oxygen atoms in total. The van der Waals surface area contributed by atoms with Gasteiger partial charge in [0.15, 0.2) is 0 Å². The summed E-state index contributed by atoms with van der Waals surface area (Å²) in [4.78, 5) is 16.8. The zero-order valence-corrected chi connectivity index (χ0v) is 11.9. The van der Waals surface area contributed by atoms with Crippen molar-refractivity contribution in [1.29, 1.82) is 0 Å². The van der Waals surface area contributed by atoms with Crippen molar-refractivity contribution in [2.45, 2.75) is 44.1 Å². The minimum absolute atomic E-state index is 0.0196. The highest BCUT2D eigenvalue weighted by molar-refractivity contribution is 5.72. The average molecular weight is 289 g/mol. The summed E-state index contributed by atoms with van der Waals surface area (Å²) in [6.45, 7) is 2.51. The topological polar surface area (TPSA) is 71.6 Å². The minimum Gasteiger partial charge on any atom is -0.447 e. The van der Waals surface area contributed by atoms with E-state index in [0.29, 0.717) is 6.61 Å². The molecule has 1 aromatic rings. The van der Waals surface area contributed by atoms with Crippen molar-refractivity contribution in [3.05, 3.63) is 34.9 Å². The summed E-state index contributed by atoms with van der Waals surface area (Å²) < 4.78 is 5.11. The summed E-state index contributed by atoms with van der Waals surface area (Å²) >= 11 is 0. The molecule has 0 saturated carbocycles. The summed E-state index contributed by atoms with van der Waals surface area (Å²) in [5.74, 6) is 0. The summed E-state index contributed by atoms with van der Waals surface area (Å²) in [6.07, 6.45) is 2.53. The number of hydroxylamine groups is 1. The van der Waals surface area contributed by atoms with Gasteiger partial charge in [-0.25, -0.2) is 4.79 Å². The first kappa shape index (κ1) is 13.1. The lowest BCUT2D eigenvalue weighted by atomic mass is 9.92. The molecule has 4 rings (SSSR count). The summed E-state index contributed by atoms with van der Waals surface area (Å²) in [7, 11) is 0. The monoisotopic (exact) mass is 289 g/mol. The van der Waals surface area contributed by atoms with Gasteiger partial charge in [0.05, 0.1) is 0 Å². The number of cyclic esters (lactones) is 1. The van der Waals surface area contributed by atoms with Gasteiger partial charge in [-0.15, -0.1) is 0 Å².